The van der Waals surface area contributed by atoms with Gasteiger partial charge in [0, 0.05) is 35.4 Å². The second-order valence-electron chi connectivity index (χ2n) is 7.03. The molecule has 0 atom stereocenters. The molecule has 27 heavy (non-hydrogen) atoms. The number of hydrogen-bond acceptors (Lipinski definition) is 2. The minimum Gasteiger partial charge on any atom is -0.334 e. The number of halogens is 1. The van der Waals surface area contributed by atoms with Crippen molar-refractivity contribution in [2.24, 2.45) is 5.92 Å². The Bertz CT molecular complexity index is 834. The van der Waals surface area contributed by atoms with Crippen molar-refractivity contribution in [3.63, 3.8) is 0 Å². The van der Waals surface area contributed by atoms with Crippen LogP contribution in [0, 0.1) is 5.92 Å². The minimum absolute atomic E-state index is 0.0348. The van der Waals surface area contributed by atoms with Gasteiger partial charge in [-0.15, -0.1) is 0 Å². The largest absolute Gasteiger partial charge is 0.334 e. The fourth-order valence-electron chi connectivity index (χ4n) is 3.18. The molecule has 0 radical (unpaired) electrons. The number of carbonyl (C=O) groups excluding carboxylic acids is 2. The van der Waals surface area contributed by atoms with Crippen LogP contribution in [-0.4, -0.2) is 18.5 Å². The number of anilines is 2. The molecule has 1 heterocycles. The number of urea groups is 1. The van der Waals surface area contributed by atoms with Gasteiger partial charge < -0.3 is 15.5 Å². The number of carbonyl (C=O) groups is 2. The Hall–Kier alpha value is -2.53. The maximum absolute atomic E-state index is 12.4. The van der Waals surface area contributed by atoms with Crippen molar-refractivity contribution in [1.82, 2.24) is 5.32 Å². The normalized spacial score (nSPS) is 13.3. The third kappa shape index (κ3) is 4.80. The number of rotatable bonds is 4. The molecule has 142 valence electrons. The van der Waals surface area contributed by atoms with Crippen LogP contribution in [-0.2, 0) is 17.8 Å². The Labute approximate surface area is 164 Å². The summed E-state index contributed by atoms with van der Waals surface area (Å²) in [6.07, 6.45) is 1.83. The van der Waals surface area contributed by atoms with Crippen molar-refractivity contribution < 1.29 is 9.59 Å². The van der Waals surface area contributed by atoms with Crippen molar-refractivity contribution in [3.05, 3.63) is 58.6 Å². The molecule has 0 aliphatic carbocycles. The van der Waals surface area contributed by atoms with Crippen LogP contribution in [0.25, 0.3) is 0 Å². The van der Waals surface area contributed by atoms with Crippen LogP contribution in [0.15, 0.2) is 42.5 Å². The standard InChI is InChI=1S/C21H24ClN3O2/c1-14(2)20(26)25-11-3-4-16-12-18(9-10-19(16)25)24-21(27)23-13-15-5-7-17(22)8-6-15/h5-10,12,14H,3-4,11,13H2,1-2H3,(H2,23,24,27). The Morgan fingerprint density at radius 2 is 1.89 bits per heavy atom. The molecule has 3 amide bonds. The highest BCUT2D eigenvalue weighted by Gasteiger charge is 2.24. The molecule has 1 aliphatic rings. The topological polar surface area (TPSA) is 61.4 Å². The van der Waals surface area contributed by atoms with E-state index in [1.54, 1.807) is 12.1 Å². The van der Waals surface area contributed by atoms with Gasteiger partial charge in [-0.1, -0.05) is 37.6 Å². The first kappa shape index (κ1) is 19.2. The lowest BCUT2D eigenvalue weighted by molar-refractivity contribution is -0.121. The summed E-state index contributed by atoms with van der Waals surface area (Å²) in [6, 6.07) is 12.8. The van der Waals surface area contributed by atoms with Crippen molar-refractivity contribution in [3.8, 4) is 0 Å². The lowest BCUT2D eigenvalue weighted by Crippen LogP contribution is -2.38. The van der Waals surface area contributed by atoms with Crippen LogP contribution < -0.4 is 15.5 Å². The van der Waals surface area contributed by atoms with Gasteiger partial charge in [-0.05, 0) is 54.3 Å². The van der Waals surface area contributed by atoms with Crippen LogP contribution in [0.5, 0.6) is 0 Å². The fraction of sp³-hybridized carbons (Fsp3) is 0.333. The second-order valence-corrected chi connectivity index (χ2v) is 7.46. The summed E-state index contributed by atoms with van der Waals surface area (Å²) in [4.78, 5) is 26.4. The third-order valence-electron chi connectivity index (χ3n) is 4.58. The first-order valence-corrected chi connectivity index (χ1v) is 9.55. The van der Waals surface area contributed by atoms with Crippen LogP contribution in [0.1, 0.15) is 31.4 Å². The summed E-state index contributed by atoms with van der Waals surface area (Å²) >= 11 is 5.86. The minimum atomic E-state index is -0.268. The zero-order valence-electron chi connectivity index (χ0n) is 15.6. The molecule has 1 aliphatic heterocycles. The fourth-order valence-corrected chi connectivity index (χ4v) is 3.30. The quantitative estimate of drug-likeness (QED) is 0.808. The molecule has 0 saturated heterocycles. The van der Waals surface area contributed by atoms with Crippen molar-refractivity contribution in [1.29, 1.82) is 0 Å². The number of nitrogens with zero attached hydrogens (tertiary/aromatic N) is 1. The Balaban J connectivity index is 1.63. The van der Waals surface area contributed by atoms with Gasteiger partial charge in [0.05, 0.1) is 0 Å². The molecule has 3 rings (SSSR count). The number of hydrogen-bond donors (Lipinski definition) is 2. The molecule has 0 unspecified atom stereocenters. The van der Waals surface area contributed by atoms with E-state index in [-0.39, 0.29) is 17.9 Å². The van der Waals surface area contributed by atoms with E-state index in [1.807, 2.05) is 49.1 Å². The van der Waals surface area contributed by atoms with E-state index in [1.165, 1.54) is 0 Å². The van der Waals surface area contributed by atoms with Gasteiger partial charge in [0.2, 0.25) is 5.91 Å². The van der Waals surface area contributed by atoms with Crippen LogP contribution in [0.3, 0.4) is 0 Å². The van der Waals surface area contributed by atoms with E-state index in [4.69, 9.17) is 11.6 Å². The highest BCUT2D eigenvalue weighted by atomic mass is 35.5. The number of nitrogens with one attached hydrogen (secondary N) is 2. The maximum atomic E-state index is 12.4. The molecule has 0 spiro atoms. The molecule has 2 aromatic carbocycles. The summed E-state index contributed by atoms with van der Waals surface area (Å²) in [7, 11) is 0. The number of aryl methyl sites for hydroxylation is 1. The first-order chi connectivity index (χ1) is 12.9. The van der Waals surface area contributed by atoms with Gasteiger partial charge in [0.15, 0.2) is 0 Å². The second kappa shape index (κ2) is 8.44. The molecule has 0 fully saturated rings. The average molecular weight is 386 g/mol. The van der Waals surface area contributed by atoms with Crippen molar-refractivity contribution >= 4 is 34.9 Å². The molecule has 0 bridgehead atoms. The molecule has 0 aromatic heterocycles. The summed E-state index contributed by atoms with van der Waals surface area (Å²) in [6.45, 7) is 5.00. The van der Waals surface area contributed by atoms with Crippen LogP contribution in [0.4, 0.5) is 16.2 Å². The van der Waals surface area contributed by atoms with Gasteiger partial charge in [0.25, 0.3) is 0 Å². The average Bonchev–Trinajstić information content (AvgIpc) is 2.66. The monoisotopic (exact) mass is 385 g/mol. The van der Waals surface area contributed by atoms with Crippen LogP contribution >= 0.6 is 11.6 Å². The molecule has 2 aromatic rings. The Morgan fingerprint density at radius 3 is 2.59 bits per heavy atom. The highest BCUT2D eigenvalue weighted by Crippen LogP contribution is 2.30. The maximum Gasteiger partial charge on any atom is 0.319 e. The van der Waals surface area contributed by atoms with E-state index < -0.39 is 0 Å². The summed E-state index contributed by atoms with van der Waals surface area (Å²) < 4.78 is 0. The molecule has 5 nitrogen and oxygen atoms in total. The predicted octanol–water partition coefficient (Wildman–Crippen LogP) is 4.60. The lowest BCUT2D eigenvalue weighted by atomic mass is 9.99. The SMILES string of the molecule is CC(C)C(=O)N1CCCc2cc(NC(=O)NCc3ccc(Cl)cc3)ccc21. The molecule has 6 heteroatoms. The molecule has 0 saturated carbocycles. The summed E-state index contributed by atoms with van der Waals surface area (Å²) in [5.74, 6) is 0.102. The van der Waals surface area contributed by atoms with Crippen molar-refractivity contribution in [2.45, 2.75) is 33.2 Å². The smallest absolute Gasteiger partial charge is 0.319 e. The Morgan fingerprint density at radius 1 is 1.15 bits per heavy atom. The highest BCUT2D eigenvalue weighted by molar-refractivity contribution is 6.30. The first-order valence-electron chi connectivity index (χ1n) is 9.17. The van der Waals surface area contributed by atoms with Crippen molar-refractivity contribution in [2.75, 3.05) is 16.8 Å². The van der Waals surface area contributed by atoms with Gasteiger partial charge in [0.1, 0.15) is 0 Å². The summed E-state index contributed by atoms with van der Waals surface area (Å²) in [5.41, 5.74) is 3.74. The van der Waals surface area contributed by atoms with Crippen LogP contribution in [0.2, 0.25) is 5.02 Å². The number of amides is 3. The van der Waals surface area contributed by atoms with Gasteiger partial charge >= 0.3 is 6.03 Å². The zero-order valence-corrected chi connectivity index (χ0v) is 16.3. The predicted molar refractivity (Wildman–Crippen MR) is 109 cm³/mol. The number of fused-ring (bicyclic) bond motifs is 1. The molecular weight excluding hydrogens is 362 g/mol. The van der Waals surface area contributed by atoms with E-state index in [0.29, 0.717) is 11.6 Å². The van der Waals surface area contributed by atoms with E-state index >= 15 is 0 Å². The Kier molecular flexibility index (Phi) is 6.01. The molecule has 2 N–H and O–H groups in total. The van der Waals surface area contributed by atoms with Gasteiger partial charge in [-0.2, -0.15) is 0 Å². The van der Waals surface area contributed by atoms with Gasteiger partial charge in [-0.25, -0.2) is 4.79 Å². The third-order valence-corrected chi connectivity index (χ3v) is 4.83. The number of benzene rings is 2. The van der Waals surface area contributed by atoms with E-state index in [9.17, 15) is 9.59 Å². The lowest BCUT2D eigenvalue weighted by Gasteiger charge is -2.31. The zero-order chi connectivity index (χ0) is 19.4. The molecular formula is C21H24ClN3O2. The van der Waals surface area contributed by atoms with E-state index in [0.717, 1.165) is 41.9 Å². The van der Waals surface area contributed by atoms with Gasteiger partial charge in [-0.3, -0.25) is 4.79 Å². The summed E-state index contributed by atoms with van der Waals surface area (Å²) in [5, 5.41) is 6.36. The van der Waals surface area contributed by atoms with E-state index in [2.05, 4.69) is 10.6 Å².